The van der Waals surface area contributed by atoms with E-state index in [4.69, 9.17) is 11.6 Å². The maximum absolute atomic E-state index is 12.0. The highest BCUT2D eigenvalue weighted by atomic mass is 79.9. The zero-order chi connectivity index (χ0) is 13.2. The summed E-state index contributed by atoms with van der Waals surface area (Å²) >= 11 is 10.7. The monoisotopic (exact) mass is 365 g/mol. The molecule has 0 aliphatic rings. The minimum Gasteiger partial charge on any atom is -0.207 e. The van der Waals surface area contributed by atoms with Crippen LogP contribution in [0.2, 0.25) is 5.02 Å². The summed E-state index contributed by atoms with van der Waals surface area (Å²) in [5, 5.41) is 0.220. The lowest BCUT2D eigenvalue weighted by molar-refractivity contribution is 0.582. The maximum atomic E-state index is 12.0. The second-order valence-electron chi connectivity index (χ2n) is 3.46. The molecule has 0 aliphatic heterocycles. The van der Waals surface area contributed by atoms with Gasteiger partial charge in [-0.05, 0) is 40.2 Å². The molecule has 18 heavy (non-hydrogen) atoms. The topological polar surface area (TPSA) is 46.2 Å². The molecule has 1 heterocycles. The molecule has 1 N–H and O–H groups in total. The van der Waals surface area contributed by atoms with Gasteiger partial charge in [-0.25, -0.2) is 13.1 Å². The van der Waals surface area contributed by atoms with Crippen LogP contribution < -0.4 is 4.72 Å². The Hall–Kier alpha value is -0.400. The molecule has 2 aromatic rings. The van der Waals surface area contributed by atoms with Gasteiger partial charge in [-0.3, -0.25) is 0 Å². The van der Waals surface area contributed by atoms with Crippen molar-refractivity contribution in [3.8, 4) is 0 Å². The molecule has 7 heteroatoms. The first-order chi connectivity index (χ1) is 8.49. The van der Waals surface area contributed by atoms with E-state index in [0.717, 1.165) is 8.66 Å². The van der Waals surface area contributed by atoms with E-state index in [1.165, 1.54) is 17.4 Å². The largest absolute Gasteiger partial charge is 0.242 e. The van der Waals surface area contributed by atoms with Gasteiger partial charge in [-0.2, -0.15) is 0 Å². The molecule has 0 saturated heterocycles. The van der Waals surface area contributed by atoms with Crippen LogP contribution >= 0.6 is 38.9 Å². The van der Waals surface area contributed by atoms with Crippen molar-refractivity contribution in [1.82, 2.24) is 4.72 Å². The van der Waals surface area contributed by atoms with Crippen molar-refractivity contribution in [2.45, 2.75) is 11.4 Å². The number of halogens is 2. The van der Waals surface area contributed by atoms with Gasteiger partial charge in [-0.1, -0.05) is 23.7 Å². The second-order valence-corrected chi connectivity index (χ2v) is 8.15. The van der Waals surface area contributed by atoms with Gasteiger partial charge in [0.2, 0.25) is 10.0 Å². The van der Waals surface area contributed by atoms with Crippen molar-refractivity contribution < 1.29 is 8.42 Å². The molecule has 0 atom stereocenters. The summed E-state index contributed by atoms with van der Waals surface area (Å²) < 4.78 is 27.6. The lowest BCUT2D eigenvalue weighted by Gasteiger charge is -2.06. The molecule has 0 saturated carbocycles. The Labute approximate surface area is 123 Å². The van der Waals surface area contributed by atoms with E-state index >= 15 is 0 Å². The van der Waals surface area contributed by atoms with Crippen LogP contribution in [0, 0.1) is 0 Å². The average Bonchev–Trinajstić information content (AvgIpc) is 2.73. The summed E-state index contributed by atoms with van der Waals surface area (Å²) in [6, 6.07) is 10.1. The summed E-state index contributed by atoms with van der Waals surface area (Å²) in [4.78, 5) is 1.03. The van der Waals surface area contributed by atoms with Gasteiger partial charge in [0.1, 0.15) is 4.90 Å². The van der Waals surface area contributed by atoms with Crippen molar-refractivity contribution >= 4 is 48.9 Å². The maximum Gasteiger partial charge on any atom is 0.242 e. The average molecular weight is 367 g/mol. The molecule has 1 aromatic carbocycles. The van der Waals surface area contributed by atoms with Crippen molar-refractivity contribution in [1.29, 1.82) is 0 Å². The molecule has 0 amide bonds. The number of sulfonamides is 1. The Bertz CT molecular complexity index is 655. The van der Waals surface area contributed by atoms with Crippen molar-refractivity contribution in [3.05, 3.63) is 50.1 Å². The van der Waals surface area contributed by atoms with Crippen LogP contribution in [0.15, 0.2) is 45.1 Å². The summed E-state index contributed by atoms with van der Waals surface area (Å²) in [5.41, 5.74) is 0. The predicted octanol–water partition coefficient (Wildman–Crippen LogP) is 3.64. The zero-order valence-electron chi connectivity index (χ0n) is 9.06. The molecule has 0 fully saturated rings. The number of rotatable bonds is 4. The molecule has 0 unspecified atom stereocenters. The summed E-state index contributed by atoms with van der Waals surface area (Å²) in [6.07, 6.45) is 0. The van der Waals surface area contributed by atoms with Crippen LogP contribution in [0.3, 0.4) is 0 Å². The SMILES string of the molecule is O=S(=O)(NCc1ccc(Br)s1)c1ccccc1Cl. The van der Waals surface area contributed by atoms with E-state index in [1.54, 1.807) is 18.2 Å². The Morgan fingerprint density at radius 3 is 2.56 bits per heavy atom. The van der Waals surface area contributed by atoms with E-state index in [9.17, 15) is 8.42 Å². The molecule has 2 rings (SSSR count). The third kappa shape index (κ3) is 3.33. The third-order valence-corrected chi connectivity index (χ3v) is 5.72. The molecule has 0 aliphatic carbocycles. The minimum absolute atomic E-state index is 0.0993. The summed E-state index contributed by atoms with van der Waals surface area (Å²) in [6.45, 7) is 0.254. The highest BCUT2D eigenvalue weighted by Crippen LogP contribution is 2.23. The molecule has 0 radical (unpaired) electrons. The fraction of sp³-hybridized carbons (Fsp3) is 0.0909. The van der Waals surface area contributed by atoms with Gasteiger partial charge in [0.25, 0.3) is 0 Å². The van der Waals surface area contributed by atoms with Crippen LogP contribution in [-0.4, -0.2) is 8.42 Å². The van der Waals surface area contributed by atoms with Crippen molar-refractivity contribution in [2.75, 3.05) is 0 Å². The summed E-state index contributed by atoms with van der Waals surface area (Å²) in [7, 11) is -3.57. The fourth-order valence-corrected chi connectivity index (χ4v) is 4.39. The number of hydrogen-bond donors (Lipinski definition) is 1. The Morgan fingerprint density at radius 1 is 1.22 bits per heavy atom. The molecular weight excluding hydrogens is 358 g/mol. The predicted molar refractivity (Wildman–Crippen MR) is 77.5 cm³/mol. The zero-order valence-corrected chi connectivity index (χ0v) is 13.0. The first-order valence-corrected chi connectivity index (χ1v) is 8.44. The van der Waals surface area contributed by atoms with Crippen LogP contribution in [0.25, 0.3) is 0 Å². The van der Waals surface area contributed by atoms with Crippen LogP contribution in [0.4, 0.5) is 0 Å². The molecule has 0 spiro atoms. The van der Waals surface area contributed by atoms with Gasteiger partial charge in [0.05, 0.1) is 8.81 Å². The van der Waals surface area contributed by atoms with E-state index in [2.05, 4.69) is 20.7 Å². The van der Waals surface area contributed by atoms with Crippen LogP contribution in [0.1, 0.15) is 4.88 Å². The summed E-state index contributed by atoms with van der Waals surface area (Å²) in [5.74, 6) is 0. The molecule has 1 aromatic heterocycles. The van der Waals surface area contributed by atoms with Gasteiger partial charge in [-0.15, -0.1) is 11.3 Å². The molecular formula is C11H9BrClNO2S2. The smallest absolute Gasteiger partial charge is 0.207 e. The second kappa shape index (κ2) is 5.71. The molecule has 0 bridgehead atoms. The van der Waals surface area contributed by atoms with Crippen molar-refractivity contribution in [3.63, 3.8) is 0 Å². The van der Waals surface area contributed by atoms with E-state index in [1.807, 2.05) is 12.1 Å². The van der Waals surface area contributed by atoms with E-state index in [0.29, 0.717) is 0 Å². The highest BCUT2D eigenvalue weighted by molar-refractivity contribution is 9.11. The molecule has 3 nitrogen and oxygen atoms in total. The third-order valence-electron chi connectivity index (χ3n) is 2.19. The molecule has 96 valence electrons. The normalized spacial score (nSPS) is 11.7. The van der Waals surface area contributed by atoms with Gasteiger partial charge >= 0.3 is 0 Å². The quantitative estimate of drug-likeness (QED) is 0.898. The van der Waals surface area contributed by atoms with Crippen LogP contribution in [-0.2, 0) is 16.6 Å². The number of thiophene rings is 1. The lowest BCUT2D eigenvalue weighted by Crippen LogP contribution is -2.23. The van der Waals surface area contributed by atoms with Gasteiger partial charge in [0, 0.05) is 11.4 Å². The minimum atomic E-state index is -3.57. The van der Waals surface area contributed by atoms with Crippen LogP contribution in [0.5, 0.6) is 0 Å². The lowest BCUT2D eigenvalue weighted by atomic mass is 10.4. The Balaban J connectivity index is 2.16. The number of benzene rings is 1. The number of hydrogen-bond acceptors (Lipinski definition) is 3. The fourth-order valence-electron chi connectivity index (χ4n) is 1.35. The standard InChI is InChI=1S/C11H9BrClNO2S2/c12-11-6-5-8(17-11)7-14-18(15,16)10-4-2-1-3-9(10)13/h1-6,14H,7H2. The highest BCUT2D eigenvalue weighted by Gasteiger charge is 2.17. The van der Waals surface area contributed by atoms with E-state index < -0.39 is 10.0 Å². The first kappa shape index (κ1) is 14.0. The Morgan fingerprint density at radius 2 is 1.94 bits per heavy atom. The van der Waals surface area contributed by atoms with E-state index in [-0.39, 0.29) is 16.5 Å². The first-order valence-electron chi connectivity index (χ1n) is 4.97. The van der Waals surface area contributed by atoms with Crippen molar-refractivity contribution in [2.24, 2.45) is 0 Å². The van der Waals surface area contributed by atoms with Gasteiger partial charge in [0.15, 0.2) is 0 Å². The number of nitrogens with one attached hydrogen (secondary N) is 1. The van der Waals surface area contributed by atoms with Gasteiger partial charge < -0.3 is 0 Å². The Kier molecular flexibility index (Phi) is 4.45.